The highest BCUT2D eigenvalue weighted by Gasteiger charge is 2.55. The molecule has 0 bridgehead atoms. The highest BCUT2D eigenvalue weighted by molar-refractivity contribution is 8.09. The monoisotopic (exact) mass is 399 g/mol. The van der Waals surface area contributed by atoms with Crippen molar-refractivity contribution in [2.24, 2.45) is 5.92 Å². The van der Waals surface area contributed by atoms with Crippen molar-refractivity contribution in [3.63, 3.8) is 0 Å². The lowest BCUT2D eigenvalue weighted by Crippen LogP contribution is -2.57. The molecule has 0 saturated carbocycles. The number of rotatable bonds is 6. The second-order valence-corrected chi connectivity index (χ2v) is 7.88. The number of carbonyl (C=O) groups excluding carboxylic acids is 1. The van der Waals surface area contributed by atoms with Crippen molar-refractivity contribution < 1.29 is 29.5 Å². The van der Waals surface area contributed by atoms with Crippen molar-refractivity contribution in [2.45, 2.75) is 18.3 Å². The maximum absolute atomic E-state index is 12.3. The lowest BCUT2D eigenvalue weighted by molar-refractivity contribution is -0.688. The molecule has 2 atom stereocenters. The SMILES string of the molecule is O=C(O)C1=C(c2ccc(C[n+]3cccc(O)c3)cc2)S[C@@H]2[C@@H](CCO)C(=O)N12. The Morgan fingerprint density at radius 2 is 1.96 bits per heavy atom. The summed E-state index contributed by atoms with van der Waals surface area (Å²) in [6.07, 6.45) is 3.82. The number of fused-ring (bicyclic) bond motifs is 1. The van der Waals surface area contributed by atoms with E-state index in [-0.39, 0.29) is 35.3 Å². The van der Waals surface area contributed by atoms with Crippen molar-refractivity contribution >= 4 is 28.5 Å². The van der Waals surface area contributed by atoms with Crippen LogP contribution in [0.2, 0.25) is 0 Å². The minimum Gasteiger partial charge on any atom is -0.503 e. The molecule has 0 unspecified atom stereocenters. The van der Waals surface area contributed by atoms with Gasteiger partial charge in [-0.05, 0) is 18.1 Å². The fourth-order valence-electron chi connectivity index (χ4n) is 3.57. The predicted molar refractivity (Wildman–Crippen MR) is 102 cm³/mol. The van der Waals surface area contributed by atoms with Gasteiger partial charge in [0.2, 0.25) is 12.1 Å². The zero-order valence-electron chi connectivity index (χ0n) is 14.9. The van der Waals surface area contributed by atoms with Crippen LogP contribution in [-0.2, 0) is 16.1 Å². The molecule has 1 saturated heterocycles. The molecule has 2 aliphatic rings. The van der Waals surface area contributed by atoms with Crippen LogP contribution < -0.4 is 4.57 Å². The summed E-state index contributed by atoms with van der Waals surface area (Å²) >= 11 is 1.37. The van der Waals surface area contributed by atoms with Gasteiger partial charge >= 0.3 is 5.97 Å². The molecule has 0 spiro atoms. The third kappa shape index (κ3) is 3.14. The third-order valence-electron chi connectivity index (χ3n) is 4.91. The fourth-order valence-corrected chi connectivity index (χ4v) is 5.11. The van der Waals surface area contributed by atoms with Crippen LogP contribution in [0.4, 0.5) is 0 Å². The van der Waals surface area contributed by atoms with Crippen molar-refractivity contribution in [3.8, 4) is 5.75 Å². The molecule has 144 valence electrons. The number of aliphatic hydroxyl groups is 1. The van der Waals surface area contributed by atoms with Crippen molar-refractivity contribution in [2.75, 3.05) is 6.61 Å². The van der Waals surface area contributed by atoms with E-state index in [0.29, 0.717) is 17.9 Å². The molecule has 4 rings (SSSR count). The molecule has 8 heteroatoms. The van der Waals surface area contributed by atoms with Gasteiger partial charge in [0.1, 0.15) is 5.70 Å². The Morgan fingerprint density at radius 1 is 1.21 bits per heavy atom. The number of aliphatic carboxylic acids is 1. The molecule has 0 radical (unpaired) electrons. The molecule has 1 amide bonds. The fraction of sp³-hybridized carbons (Fsp3) is 0.250. The van der Waals surface area contributed by atoms with E-state index in [1.807, 2.05) is 35.0 Å². The minimum absolute atomic E-state index is 0.0179. The highest BCUT2D eigenvalue weighted by atomic mass is 32.2. The number of nitrogens with zero attached hydrogens (tertiary/aromatic N) is 2. The number of carboxylic acids is 1. The van der Waals surface area contributed by atoms with Gasteiger partial charge in [-0.1, -0.05) is 36.0 Å². The lowest BCUT2D eigenvalue weighted by Gasteiger charge is -2.42. The average molecular weight is 399 g/mol. The molecule has 1 fully saturated rings. The first kappa shape index (κ1) is 18.5. The zero-order valence-corrected chi connectivity index (χ0v) is 15.7. The first-order valence-electron chi connectivity index (χ1n) is 8.85. The summed E-state index contributed by atoms with van der Waals surface area (Å²) in [6.45, 7) is 0.471. The lowest BCUT2D eigenvalue weighted by atomic mass is 9.94. The molecule has 1 aromatic carbocycles. The Labute approximate surface area is 165 Å². The van der Waals surface area contributed by atoms with Crippen molar-refractivity contribution in [3.05, 3.63) is 65.6 Å². The molecular weight excluding hydrogens is 380 g/mol. The highest BCUT2D eigenvalue weighted by Crippen LogP contribution is 2.53. The number of carbonyl (C=O) groups is 2. The summed E-state index contributed by atoms with van der Waals surface area (Å²) in [6, 6.07) is 10.9. The van der Waals surface area contributed by atoms with E-state index in [9.17, 15) is 19.8 Å². The number of carboxylic acid groups (broad SMARTS) is 1. The van der Waals surface area contributed by atoms with Gasteiger partial charge in [-0.2, -0.15) is 4.57 Å². The van der Waals surface area contributed by atoms with E-state index < -0.39 is 5.97 Å². The topological polar surface area (TPSA) is 102 Å². The Bertz CT molecular complexity index is 973. The zero-order chi connectivity index (χ0) is 19.8. The van der Waals surface area contributed by atoms with Gasteiger partial charge in [0.05, 0.1) is 11.3 Å². The Balaban J connectivity index is 1.58. The van der Waals surface area contributed by atoms with E-state index in [2.05, 4.69) is 0 Å². The number of pyridine rings is 1. The number of β-lactam (4-membered cyclic amide) rings is 1. The number of hydrogen-bond donors (Lipinski definition) is 3. The second-order valence-electron chi connectivity index (χ2n) is 6.75. The molecule has 0 aliphatic carbocycles. The van der Waals surface area contributed by atoms with Gasteiger partial charge in [0, 0.05) is 23.1 Å². The first-order chi connectivity index (χ1) is 13.5. The molecule has 3 heterocycles. The summed E-state index contributed by atoms with van der Waals surface area (Å²) in [5.41, 5.74) is 1.76. The number of aromatic nitrogens is 1. The van der Waals surface area contributed by atoms with E-state index in [1.54, 1.807) is 18.3 Å². The van der Waals surface area contributed by atoms with Crippen LogP contribution in [0.3, 0.4) is 0 Å². The van der Waals surface area contributed by atoms with Crippen molar-refractivity contribution in [1.82, 2.24) is 4.90 Å². The summed E-state index contributed by atoms with van der Waals surface area (Å²) in [4.78, 5) is 26.0. The van der Waals surface area contributed by atoms with Gasteiger partial charge in [-0.25, -0.2) is 4.79 Å². The molecular formula is C20H19N2O5S+. The Hall–Kier alpha value is -2.84. The van der Waals surface area contributed by atoms with Gasteiger partial charge in [-0.15, -0.1) is 0 Å². The van der Waals surface area contributed by atoms with Gasteiger partial charge in [0.25, 0.3) is 0 Å². The van der Waals surface area contributed by atoms with Crippen LogP contribution in [0.5, 0.6) is 5.75 Å². The molecule has 2 aromatic rings. The number of hydrogen-bond acceptors (Lipinski definition) is 5. The van der Waals surface area contributed by atoms with Crippen LogP contribution in [0, 0.1) is 5.92 Å². The number of amides is 1. The third-order valence-corrected chi connectivity index (χ3v) is 6.36. The standard InChI is InChI=1S/C20H18N2O5S/c23-9-7-15-18(25)22-16(20(26)27)17(28-19(15)22)13-5-3-12(4-6-13)10-21-8-1-2-14(24)11-21/h1-6,8,11,15,19,23H,7,9-10H2,(H-,24,26,27)/p+1/t15-,19+/m0/s1. The number of thioether (sulfide) groups is 1. The number of benzene rings is 1. The predicted octanol–water partition coefficient (Wildman–Crippen LogP) is 1.39. The quantitative estimate of drug-likeness (QED) is 0.501. The van der Waals surface area contributed by atoms with E-state index >= 15 is 0 Å². The van der Waals surface area contributed by atoms with Crippen LogP contribution in [0.15, 0.2) is 54.5 Å². The van der Waals surface area contributed by atoms with Crippen LogP contribution in [0.25, 0.3) is 4.91 Å². The molecule has 2 aliphatic heterocycles. The van der Waals surface area contributed by atoms with Crippen LogP contribution in [0.1, 0.15) is 17.5 Å². The summed E-state index contributed by atoms with van der Waals surface area (Å²) in [7, 11) is 0. The van der Waals surface area contributed by atoms with Crippen LogP contribution in [-0.4, -0.2) is 44.1 Å². The number of aliphatic hydroxyl groups excluding tert-OH is 1. The van der Waals surface area contributed by atoms with Crippen LogP contribution >= 0.6 is 11.8 Å². The largest absolute Gasteiger partial charge is 0.503 e. The normalized spacial score (nSPS) is 20.9. The Morgan fingerprint density at radius 3 is 2.61 bits per heavy atom. The minimum atomic E-state index is -1.12. The summed E-state index contributed by atoms with van der Waals surface area (Å²) in [5.74, 6) is -1.52. The maximum atomic E-state index is 12.3. The smallest absolute Gasteiger partial charge is 0.353 e. The van der Waals surface area contributed by atoms with E-state index in [0.717, 1.165) is 11.1 Å². The van der Waals surface area contributed by atoms with Gasteiger partial charge < -0.3 is 15.3 Å². The number of aromatic hydroxyl groups is 1. The molecule has 1 aromatic heterocycles. The first-order valence-corrected chi connectivity index (χ1v) is 9.73. The average Bonchev–Trinajstić information content (AvgIpc) is 3.03. The van der Waals surface area contributed by atoms with Gasteiger partial charge in [0.15, 0.2) is 18.5 Å². The van der Waals surface area contributed by atoms with E-state index in [4.69, 9.17) is 5.11 Å². The van der Waals surface area contributed by atoms with E-state index in [1.165, 1.54) is 16.7 Å². The second kappa shape index (κ2) is 7.29. The van der Waals surface area contributed by atoms with Crippen molar-refractivity contribution in [1.29, 1.82) is 0 Å². The van der Waals surface area contributed by atoms with Gasteiger partial charge in [-0.3, -0.25) is 9.69 Å². The maximum Gasteiger partial charge on any atom is 0.353 e. The molecule has 28 heavy (non-hydrogen) atoms. The Kier molecular flexibility index (Phi) is 4.82. The summed E-state index contributed by atoms with van der Waals surface area (Å²) in [5, 5.41) is 28.1. The molecule has 7 nitrogen and oxygen atoms in total. The molecule has 3 N–H and O–H groups in total. The summed E-state index contributed by atoms with van der Waals surface area (Å²) < 4.78 is 1.85.